The van der Waals surface area contributed by atoms with Crippen LogP contribution in [0.1, 0.15) is 19.4 Å². The first-order valence-electron chi connectivity index (χ1n) is 6.82. The Balaban J connectivity index is 1.69. The van der Waals surface area contributed by atoms with E-state index in [9.17, 15) is 4.79 Å². The lowest BCUT2D eigenvalue weighted by molar-refractivity contribution is -0.233. The van der Waals surface area contributed by atoms with Crippen LogP contribution in [0.25, 0.3) is 0 Å². The van der Waals surface area contributed by atoms with Crippen molar-refractivity contribution in [3.63, 3.8) is 0 Å². The van der Waals surface area contributed by atoms with E-state index >= 15 is 0 Å². The molecule has 0 radical (unpaired) electrons. The first-order valence-corrected chi connectivity index (χ1v) is 7.20. The lowest BCUT2D eigenvalue weighted by atomic mass is 10.1. The van der Waals surface area contributed by atoms with Gasteiger partial charge in [-0.25, -0.2) is 0 Å². The van der Waals surface area contributed by atoms with Gasteiger partial charge in [-0.3, -0.25) is 4.79 Å². The van der Waals surface area contributed by atoms with Gasteiger partial charge in [-0.1, -0.05) is 30.3 Å². The number of hydrogen-bond donors (Lipinski definition) is 0. The summed E-state index contributed by atoms with van der Waals surface area (Å²) in [7, 11) is 0. The quantitative estimate of drug-likeness (QED) is 0.798. The van der Waals surface area contributed by atoms with Crippen molar-refractivity contribution >= 4 is 16.8 Å². The molecule has 0 N–H and O–H groups in total. The third-order valence-corrected chi connectivity index (χ3v) is 3.71. The van der Waals surface area contributed by atoms with Crippen molar-refractivity contribution in [2.24, 2.45) is 0 Å². The lowest BCUT2D eigenvalue weighted by Crippen LogP contribution is -2.33. The second-order valence-corrected chi connectivity index (χ2v) is 5.96. The molecule has 0 saturated carbocycles. The zero-order chi connectivity index (χ0) is 15.0. The topological polar surface area (TPSA) is 54.0 Å². The van der Waals surface area contributed by atoms with Gasteiger partial charge in [-0.2, -0.15) is 0 Å². The van der Waals surface area contributed by atoms with Crippen LogP contribution in [0.3, 0.4) is 0 Å². The molecule has 0 bridgehead atoms. The van der Waals surface area contributed by atoms with Gasteiger partial charge in [0.25, 0.3) is 5.24 Å². The van der Waals surface area contributed by atoms with Crippen LogP contribution < -0.4 is 0 Å². The molecule has 0 aliphatic carbocycles. The Kier molecular flexibility index (Phi) is 4.03. The molecule has 0 unspecified atom stereocenters. The molecule has 5 nitrogen and oxygen atoms in total. The lowest BCUT2D eigenvalue weighted by Gasteiger charge is -2.23. The van der Waals surface area contributed by atoms with E-state index in [4.69, 9.17) is 30.5 Å². The normalized spacial score (nSPS) is 33.9. The minimum atomic E-state index is -0.862. The predicted octanol–water partition coefficient (Wildman–Crippen LogP) is 2.21. The Hall–Kier alpha value is -0.980. The zero-order valence-corrected chi connectivity index (χ0v) is 12.6. The highest BCUT2D eigenvalue weighted by Crippen LogP contribution is 2.39. The molecule has 0 amide bonds. The molecule has 6 heteroatoms. The van der Waals surface area contributed by atoms with E-state index in [1.807, 2.05) is 30.3 Å². The minimum Gasteiger partial charge on any atom is -0.345 e. The van der Waals surface area contributed by atoms with Crippen molar-refractivity contribution in [3.05, 3.63) is 35.9 Å². The highest BCUT2D eigenvalue weighted by molar-refractivity contribution is 6.64. The van der Waals surface area contributed by atoms with Gasteiger partial charge in [0, 0.05) is 0 Å². The van der Waals surface area contributed by atoms with Crippen LogP contribution in [0, 0.1) is 0 Å². The second-order valence-electron chi connectivity index (χ2n) is 5.59. The summed E-state index contributed by atoms with van der Waals surface area (Å²) in [5.41, 5.74) is 1.01. The van der Waals surface area contributed by atoms with Gasteiger partial charge in [0.15, 0.2) is 18.2 Å². The highest BCUT2D eigenvalue weighted by atomic mass is 35.5. The van der Waals surface area contributed by atoms with Crippen LogP contribution >= 0.6 is 11.6 Å². The first kappa shape index (κ1) is 14.9. The fraction of sp³-hybridized carbons (Fsp3) is 0.533. The fourth-order valence-electron chi connectivity index (χ4n) is 2.63. The van der Waals surface area contributed by atoms with E-state index in [1.54, 1.807) is 13.8 Å². The highest BCUT2D eigenvalue weighted by Gasteiger charge is 2.57. The van der Waals surface area contributed by atoms with E-state index < -0.39 is 35.6 Å². The third kappa shape index (κ3) is 3.12. The summed E-state index contributed by atoms with van der Waals surface area (Å²) in [5.74, 6) is -0.780. The molecular formula is C15H17ClO5. The average Bonchev–Trinajstić information content (AvgIpc) is 2.91. The van der Waals surface area contributed by atoms with Crippen LogP contribution in [0.5, 0.6) is 0 Å². The van der Waals surface area contributed by atoms with Crippen molar-refractivity contribution in [2.45, 2.75) is 50.8 Å². The molecule has 0 spiro atoms. The SMILES string of the molecule is CC1(C)O[C@H]2[C@H](OCc3ccccc3)O[C@H](C(=O)Cl)[C@H]2O1. The van der Waals surface area contributed by atoms with Crippen LogP contribution in [-0.4, -0.2) is 35.6 Å². The summed E-state index contributed by atoms with van der Waals surface area (Å²) >= 11 is 5.57. The summed E-state index contributed by atoms with van der Waals surface area (Å²) in [6.07, 6.45) is -2.54. The molecule has 1 aromatic rings. The molecule has 2 fully saturated rings. The Labute approximate surface area is 128 Å². The predicted molar refractivity (Wildman–Crippen MR) is 74.6 cm³/mol. The van der Waals surface area contributed by atoms with E-state index in [2.05, 4.69) is 0 Å². The maximum absolute atomic E-state index is 11.5. The van der Waals surface area contributed by atoms with Crippen molar-refractivity contribution in [3.8, 4) is 0 Å². The molecule has 2 saturated heterocycles. The smallest absolute Gasteiger partial charge is 0.253 e. The summed E-state index contributed by atoms with van der Waals surface area (Å²) in [4.78, 5) is 11.5. The second kappa shape index (κ2) is 5.66. The maximum atomic E-state index is 11.5. The van der Waals surface area contributed by atoms with Gasteiger partial charge in [-0.15, -0.1) is 0 Å². The number of halogens is 1. The number of benzene rings is 1. The Morgan fingerprint density at radius 2 is 1.90 bits per heavy atom. The van der Waals surface area contributed by atoms with Crippen molar-refractivity contribution in [1.29, 1.82) is 0 Å². The molecule has 0 aromatic heterocycles. The summed E-state index contributed by atoms with van der Waals surface area (Å²) in [6, 6.07) is 9.70. The minimum absolute atomic E-state index is 0.363. The molecule has 2 aliphatic rings. The Morgan fingerprint density at radius 1 is 1.24 bits per heavy atom. The van der Waals surface area contributed by atoms with Gasteiger partial charge >= 0.3 is 0 Å². The van der Waals surface area contributed by atoms with Crippen molar-refractivity contribution in [1.82, 2.24) is 0 Å². The van der Waals surface area contributed by atoms with Gasteiger partial charge in [0.1, 0.15) is 12.2 Å². The van der Waals surface area contributed by atoms with Crippen LogP contribution in [0.4, 0.5) is 0 Å². The maximum Gasteiger partial charge on any atom is 0.253 e. The number of rotatable bonds is 4. The van der Waals surface area contributed by atoms with Crippen LogP contribution in [0.2, 0.25) is 0 Å². The first-order chi connectivity index (χ1) is 9.96. The van der Waals surface area contributed by atoms with E-state index in [0.717, 1.165) is 5.56 Å². The Bertz CT molecular complexity index is 518. The summed E-state index contributed by atoms with van der Waals surface area (Å²) in [6.45, 7) is 3.94. The van der Waals surface area contributed by atoms with E-state index in [-0.39, 0.29) is 0 Å². The fourth-order valence-corrected chi connectivity index (χ4v) is 2.81. The van der Waals surface area contributed by atoms with E-state index in [0.29, 0.717) is 6.61 Å². The molecule has 114 valence electrons. The average molecular weight is 313 g/mol. The van der Waals surface area contributed by atoms with Gasteiger partial charge in [0.2, 0.25) is 0 Å². The van der Waals surface area contributed by atoms with Crippen molar-refractivity contribution in [2.75, 3.05) is 0 Å². The van der Waals surface area contributed by atoms with Crippen molar-refractivity contribution < 1.29 is 23.7 Å². The zero-order valence-electron chi connectivity index (χ0n) is 11.8. The largest absolute Gasteiger partial charge is 0.345 e. The van der Waals surface area contributed by atoms with Crippen LogP contribution in [-0.2, 0) is 30.3 Å². The number of fused-ring (bicyclic) bond motifs is 1. The molecule has 2 aliphatic heterocycles. The third-order valence-electron chi connectivity index (χ3n) is 3.49. The number of carbonyl (C=O) groups is 1. The molecular weight excluding hydrogens is 296 g/mol. The molecule has 21 heavy (non-hydrogen) atoms. The number of hydrogen-bond acceptors (Lipinski definition) is 5. The standard InChI is InChI=1S/C15H17ClO5/c1-15(2)20-10-11(13(16)17)19-14(12(10)21-15)18-8-9-6-4-3-5-7-9/h3-7,10-12,14H,8H2,1-2H3/t10-,11+,12-,14-/m1/s1. The number of carbonyl (C=O) groups excluding carboxylic acids is 1. The molecule has 1 aromatic carbocycles. The molecule has 4 atom stereocenters. The summed E-state index contributed by atoms with van der Waals surface area (Å²) in [5, 5.41) is -0.600. The van der Waals surface area contributed by atoms with Crippen LogP contribution in [0.15, 0.2) is 30.3 Å². The summed E-state index contributed by atoms with van der Waals surface area (Å²) < 4.78 is 22.8. The monoisotopic (exact) mass is 312 g/mol. The van der Waals surface area contributed by atoms with Gasteiger partial charge in [-0.05, 0) is 31.0 Å². The van der Waals surface area contributed by atoms with E-state index in [1.165, 1.54) is 0 Å². The van der Waals surface area contributed by atoms with Gasteiger partial charge < -0.3 is 18.9 Å². The molecule has 3 rings (SSSR count). The number of ether oxygens (including phenoxy) is 4. The van der Waals surface area contributed by atoms with Gasteiger partial charge in [0.05, 0.1) is 6.61 Å². The Morgan fingerprint density at radius 3 is 2.57 bits per heavy atom. The molecule has 2 heterocycles.